The van der Waals surface area contributed by atoms with Gasteiger partial charge in [-0.2, -0.15) is 10.1 Å². The van der Waals surface area contributed by atoms with E-state index >= 15 is 0 Å². The molecule has 98 valence electrons. The smallest absolute Gasteiger partial charge is 0.247 e. The summed E-state index contributed by atoms with van der Waals surface area (Å²) < 4.78 is 0. The Morgan fingerprint density at radius 3 is 2.74 bits per heavy atom. The first kappa shape index (κ1) is 11.9. The highest BCUT2D eigenvalue weighted by atomic mass is 15.3. The van der Waals surface area contributed by atoms with Gasteiger partial charge in [0.05, 0.1) is 6.20 Å². The van der Waals surface area contributed by atoms with Crippen LogP contribution in [0.1, 0.15) is 18.4 Å². The molecule has 1 fully saturated rings. The van der Waals surface area contributed by atoms with Crippen molar-refractivity contribution in [2.24, 2.45) is 0 Å². The number of rotatable bonds is 3. The third kappa shape index (κ3) is 2.65. The maximum absolute atomic E-state index is 4.53. The first-order valence-electron chi connectivity index (χ1n) is 6.60. The number of nitrogens with one attached hydrogen (secondary N) is 1. The highest BCUT2D eigenvalue weighted by Gasteiger charge is 2.15. The van der Waals surface area contributed by atoms with E-state index in [1.54, 1.807) is 6.20 Å². The number of benzene rings is 1. The van der Waals surface area contributed by atoms with Crippen molar-refractivity contribution in [2.75, 3.05) is 23.3 Å². The molecule has 1 aromatic heterocycles. The van der Waals surface area contributed by atoms with Crippen molar-refractivity contribution in [1.82, 2.24) is 15.2 Å². The van der Waals surface area contributed by atoms with Gasteiger partial charge < -0.3 is 10.2 Å². The van der Waals surface area contributed by atoms with Gasteiger partial charge in [-0.05, 0) is 31.4 Å². The lowest BCUT2D eigenvalue weighted by Crippen LogP contribution is -2.21. The zero-order valence-electron chi connectivity index (χ0n) is 11.0. The molecule has 0 bridgehead atoms. The molecule has 3 rings (SSSR count). The highest BCUT2D eigenvalue weighted by Crippen LogP contribution is 2.20. The number of para-hydroxylation sites is 1. The molecule has 0 atom stereocenters. The SMILES string of the molecule is Cc1ccccc1Nc1cnnc(N2CCCC2)n1. The minimum absolute atomic E-state index is 0.719. The van der Waals surface area contributed by atoms with Gasteiger partial charge in [-0.25, -0.2) is 0 Å². The zero-order chi connectivity index (χ0) is 13.1. The van der Waals surface area contributed by atoms with Crippen LogP contribution < -0.4 is 10.2 Å². The van der Waals surface area contributed by atoms with Gasteiger partial charge >= 0.3 is 0 Å². The highest BCUT2D eigenvalue weighted by molar-refractivity contribution is 5.60. The Morgan fingerprint density at radius 2 is 1.95 bits per heavy atom. The fourth-order valence-electron chi connectivity index (χ4n) is 2.26. The summed E-state index contributed by atoms with van der Waals surface area (Å²) in [5.74, 6) is 1.46. The summed E-state index contributed by atoms with van der Waals surface area (Å²) in [4.78, 5) is 6.71. The van der Waals surface area contributed by atoms with E-state index in [1.807, 2.05) is 18.2 Å². The summed E-state index contributed by atoms with van der Waals surface area (Å²) in [7, 11) is 0. The quantitative estimate of drug-likeness (QED) is 0.913. The van der Waals surface area contributed by atoms with Gasteiger partial charge in [0.25, 0.3) is 0 Å². The minimum atomic E-state index is 0.719. The predicted octanol–water partition coefficient (Wildman–Crippen LogP) is 2.52. The van der Waals surface area contributed by atoms with Crippen LogP contribution in [0.15, 0.2) is 30.5 Å². The molecule has 0 saturated carbocycles. The lowest BCUT2D eigenvalue weighted by atomic mass is 10.2. The zero-order valence-corrected chi connectivity index (χ0v) is 11.0. The van der Waals surface area contributed by atoms with Crippen LogP contribution >= 0.6 is 0 Å². The summed E-state index contributed by atoms with van der Waals surface area (Å²) in [5.41, 5.74) is 2.24. The topological polar surface area (TPSA) is 53.9 Å². The van der Waals surface area contributed by atoms with E-state index in [2.05, 4.69) is 38.4 Å². The maximum atomic E-state index is 4.53. The van der Waals surface area contributed by atoms with Crippen molar-refractivity contribution in [2.45, 2.75) is 19.8 Å². The average Bonchev–Trinajstić information content (AvgIpc) is 2.96. The van der Waals surface area contributed by atoms with Crippen LogP contribution in [0.25, 0.3) is 0 Å². The van der Waals surface area contributed by atoms with Crippen LogP contribution in [0.2, 0.25) is 0 Å². The first-order valence-corrected chi connectivity index (χ1v) is 6.60. The van der Waals surface area contributed by atoms with Crippen LogP contribution in [0.5, 0.6) is 0 Å². The Morgan fingerprint density at radius 1 is 1.16 bits per heavy atom. The van der Waals surface area contributed by atoms with Crippen LogP contribution in [0, 0.1) is 6.92 Å². The molecule has 1 saturated heterocycles. The Balaban J connectivity index is 1.81. The van der Waals surface area contributed by atoms with E-state index in [0.29, 0.717) is 0 Å². The molecule has 0 aliphatic carbocycles. The molecule has 1 aliphatic rings. The lowest BCUT2D eigenvalue weighted by Gasteiger charge is -2.15. The number of anilines is 3. The van der Waals surface area contributed by atoms with Crippen molar-refractivity contribution in [1.29, 1.82) is 0 Å². The fourth-order valence-corrected chi connectivity index (χ4v) is 2.26. The van der Waals surface area contributed by atoms with Crippen molar-refractivity contribution >= 4 is 17.5 Å². The molecule has 2 heterocycles. The van der Waals surface area contributed by atoms with Crippen LogP contribution in [0.4, 0.5) is 17.5 Å². The van der Waals surface area contributed by atoms with Gasteiger partial charge in [0, 0.05) is 18.8 Å². The second kappa shape index (κ2) is 5.22. The van der Waals surface area contributed by atoms with Crippen molar-refractivity contribution < 1.29 is 0 Å². The number of aromatic nitrogens is 3. The van der Waals surface area contributed by atoms with E-state index < -0.39 is 0 Å². The second-order valence-electron chi connectivity index (χ2n) is 4.78. The molecule has 1 aromatic carbocycles. The summed E-state index contributed by atoms with van der Waals surface area (Å²) in [6.45, 7) is 4.11. The molecule has 5 nitrogen and oxygen atoms in total. The molecule has 0 unspecified atom stereocenters. The largest absolute Gasteiger partial charge is 0.339 e. The van der Waals surface area contributed by atoms with E-state index in [1.165, 1.54) is 18.4 Å². The minimum Gasteiger partial charge on any atom is -0.339 e. The summed E-state index contributed by atoms with van der Waals surface area (Å²) in [6.07, 6.45) is 4.07. The second-order valence-corrected chi connectivity index (χ2v) is 4.78. The van der Waals surface area contributed by atoms with E-state index in [4.69, 9.17) is 0 Å². The Bertz CT molecular complexity index is 563. The molecule has 1 N–H and O–H groups in total. The van der Waals surface area contributed by atoms with Crippen molar-refractivity contribution in [3.05, 3.63) is 36.0 Å². The molecule has 5 heteroatoms. The van der Waals surface area contributed by atoms with Crippen LogP contribution in [0.3, 0.4) is 0 Å². The van der Waals surface area contributed by atoms with Crippen molar-refractivity contribution in [3.63, 3.8) is 0 Å². The molecule has 19 heavy (non-hydrogen) atoms. The number of aryl methyl sites for hydroxylation is 1. The first-order chi connectivity index (χ1) is 9.33. The van der Waals surface area contributed by atoms with Crippen LogP contribution in [-0.2, 0) is 0 Å². The average molecular weight is 255 g/mol. The standard InChI is InChI=1S/C14H17N5/c1-11-6-2-3-7-12(11)16-13-10-15-18-14(17-13)19-8-4-5-9-19/h2-3,6-7,10H,4-5,8-9H2,1H3,(H,16,17,18). The maximum Gasteiger partial charge on any atom is 0.247 e. The molecular formula is C14H17N5. The molecule has 1 aliphatic heterocycles. The Hall–Kier alpha value is -2.17. The Kier molecular flexibility index (Phi) is 3.27. The van der Waals surface area contributed by atoms with E-state index in [-0.39, 0.29) is 0 Å². The van der Waals surface area contributed by atoms with Gasteiger partial charge in [0.2, 0.25) is 5.95 Å². The van der Waals surface area contributed by atoms with E-state index in [9.17, 15) is 0 Å². The number of hydrogen-bond donors (Lipinski definition) is 1. The van der Waals surface area contributed by atoms with E-state index in [0.717, 1.165) is 30.5 Å². The number of hydrogen-bond acceptors (Lipinski definition) is 5. The third-order valence-corrected chi connectivity index (χ3v) is 3.34. The van der Waals surface area contributed by atoms with Gasteiger partial charge in [0.15, 0.2) is 5.82 Å². The van der Waals surface area contributed by atoms with Crippen molar-refractivity contribution in [3.8, 4) is 0 Å². The summed E-state index contributed by atoms with van der Waals surface area (Å²) >= 11 is 0. The van der Waals surface area contributed by atoms with Gasteiger partial charge in [-0.3, -0.25) is 0 Å². The summed E-state index contributed by atoms with van der Waals surface area (Å²) in [6, 6.07) is 8.13. The lowest BCUT2D eigenvalue weighted by molar-refractivity contribution is 0.852. The van der Waals surface area contributed by atoms with Gasteiger partial charge in [-0.1, -0.05) is 18.2 Å². The fraction of sp³-hybridized carbons (Fsp3) is 0.357. The molecule has 0 spiro atoms. The molecule has 0 radical (unpaired) electrons. The van der Waals surface area contributed by atoms with Gasteiger partial charge in [-0.15, -0.1) is 5.10 Å². The van der Waals surface area contributed by atoms with Gasteiger partial charge in [0.1, 0.15) is 0 Å². The molecule has 0 amide bonds. The number of nitrogens with zero attached hydrogens (tertiary/aromatic N) is 4. The monoisotopic (exact) mass is 255 g/mol. The predicted molar refractivity (Wildman–Crippen MR) is 75.7 cm³/mol. The van der Waals surface area contributed by atoms with Crippen LogP contribution in [-0.4, -0.2) is 28.3 Å². The summed E-state index contributed by atoms with van der Waals surface area (Å²) in [5, 5.41) is 11.4. The normalized spacial score (nSPS) is 14.7. The Labute approximate surface area is 112 Å². The molecule has 2 aromatic rings. The third-order valence-electron chi connectivity index (χ3n) is 3.34. The molecular weight excluding hydrogens is 238 g/mol.